The Morgan fingerprint density at radius 3 is 2.35 bits per heavy atom. The lowest BCUT2D eigenvalue weighted by molar-refractivity contribution is -0.113. The lowest BCUT2D eigenvalue weighted by Gasteiger charge is -2.31. The maximum absolute atomic E-state index is 12.3. The first kappa shape index (κ1) is 15.0. The summed E-state index contributed by atoms with van der Waals surface area (Å²) >= 11 is 0. The van der Waals surface area contributed by atoms with Gasteiger partial charge in [0.15, 0.2) is 8.24 Å². The van der Waals surface area contributed by atoms with Crippen LogP contribution in [-0.2, 0) is 11.2 Å². The number of para-hydroxylation sites is 1. The predicted molar refractivity (Wildman–Crippen MR) is 84.8 cm³/mol. The van der Waals surface area contributed by atoms with Crippen LogP contribution >= 0.6 is 0 Å². The third-order valence-corrected chi connectivity index (χ3v) is 5.42. The molecule has 2 rings (SSSR count). The van der Waals surface area contributed by atoms with Crippen molar-refractivity contribution in [2.24, 2.45) is 5.92 Å². The van der Waals surface area contributed by atoms with Gasteiger partial charge in [0.1, 0.15) is 0 Å². The van der Waals surface area contributed by atoms with Crippen LogP contribution in [-0.4, -0.2) is 19.9 Å². The number of ketones is 1. The SMILES string of the molecule is CC(C)CCc1cccc2c1N([Si](C)(C)C)C(=O)C2=O. The monoisotopic (exact) mass is 289 g/mol. The Kier molecular flexibility index (Phi) is 3.87. The van der Waals surface area contributed by atoms with E-state index >= 15 is 0 Å². The molecule has 1 heterocycles. The summed E-state index contributed by atoms with van der Waals surface area (Å²) in [6, 6.07) is 5.74. The fraction of sp³-hybridized carbons (Fsp3) is 0.500. The van der Waals surface area contributed by atoms with Gasteiger partial charge in [-0.25, -0.2) is 0 Å². The standard InChI is InChI=1S/C16H23NO2Si/c1-11(2)9-10-12-7-6-8-13-14(12)17(20(3,4)5)16(19)15(13)18/h6-8,11H,9-10H2,1-5H3. The van der Waals surface area contributed by atoms with Crippen molar-refractivity contribution in [3.63, 3.8) is 0 Å². The van der Waals surface area contributed by atoms with Gasteiger partial charge in [0.2, 0.25) is 0 Å². The summed E-state index contributed by atoms with van der Waals surface area (Å²) in [6.45, 7) is 10.7. The molecular weight excluding hydrogens is 266 g/mol. The summed E-state index contributed by atoms with van der Waals surface area (Å²) in [7, 11) is -1.90. The molecule has 1 aromatic carbocycles. The molecule has 0 N–H and O–H groups in total. The second kappa shape index (κ2) is 5.17. The number of rotatable bonds is 4. The summed E-state index contributed by atoms with van der Waals surface area (Å²) in [4.78, 5) is 24.5. The highest BCUT2D eigenvalue weighted by molar-refractivity contribution is 6.87. The van der Waals surface area contributed by atoms with Crippen LogP contribution in [0.15, 0.2) is 18.2 Å². The minimum absolute atomic E-state index is 0.337. The number of amides is 1. The topological polar surface area (TPSA) is 37.4 Å². The maximum Gasteiger partial charge on any atom is 0.291 e. The number of carbonyl (C=O) groups excluding carboxylic acids is 2. The number of anilines is 1. The third-order valence-electron chi connectivity index (χ3n) is 3.65. The van der Waals surface area contributed by atoms with Gasteiger partial charge in [-0.1, -0.05) is 45.6 Å². The highest BCUT2D eigenvalue weighted by Crippen LogP contribution is 2.37. The minimum atomic E-state index is -1.90. The molecule has 1 aromatic rings. The molecule has 4 heteroatoms. The largest absolute Gasteiger partial charge is 0.333 e. The van der Waals surface area contributed by atoms with E-state index in [9.17, 15) is 9.59 Å². The molecule has 0 saturated heterocycles. The van der Waals surface area contributed by atoms with Crippen molar-refractivity contribution in [2.45, 2.75) is 46.3 Å². The van der Waals surface area contributed by atoms with E-state index in [1.807, 2.05) is 6.07 Å². The Balaban J connectivity index is 2.51. The van der Waals surface area contributed by atoms with Crippen molar-refractivity contribution in [1.82, 2.24) is 0 Å². The van der Waals surface area contributed by atoms with E-state index in [2.05, 4.69) is 39.6 Å². The van der Waals surface area contributed by atoms with Crippen molar-refractivity contribution in [3.8, 4) is 0 Å². The molecule has 20 heavy (non-hydrogen) atoms. The Morgan fingerprint density at radius 1 is 1.15 bits per heavy atom. The van der Waals surface area contributed by atoms with Crippen LogP contribution in [0.1, 0.15) is 36.2 Å². The molecule has 0 unspecified atom stereocenters. The average molecular weight is 289 g/mol. The number of hydrogen-bond donors (Lipinski definition) is 0. The first-order valence-corrected chi connectivity index (χ1v) is 10.7. The Labute approximate surface area is 122 Å². The zero-order chi connectivity index (χ0) is 15.1. The van der Waals surface area contributed by atoms with Crippen LogP contribution in [0.5, 0.6) is 0 Å². The molecule has 3 nitrogen and oxygen atoms in total. The Hall–Kier alpha value is -1.42. The summed E-state index contributed by atoms with van der Waals surface area (Å²) in [6.07, 6.45) is 1.99. The summed E-state index contributed by atoms with van der Waals surface area (Å²) in [5, 5.41) is 0. The van der Waals surface area contributed by atoms with Crippen LogP contribution in [0.4, 0.5) is 5.69 Å². The van der Waals surface area contributed by atoms with E-state index in [4.69, 9.17) is 0 Å². The maximum atomic E-state index is 12.3. The van der Waals surface area contributed by atoms with Gasteiger partial charge >= 0.3 is 0 Å². The second-order valence-corrected chi connectivity index (χ2v) is 11.7. The molecule has 0 aromatic heterocycles. The molecule has 0 spiro atoms. The molecule has 0 radical (unpaired) electrons. The van der Waals surface area contributed by atoms with Crippen LogP contribution in [0, 0.1) is 5.92 Å². The molecule has 0 atom stereocenters. The van der Waals surface area contributed by atoms with Crippen molar-refractivity contribution in [3.05, 3.63) is 29.3 Å². The van der Waals surface area contributed by atoms with E-state index in [-0.39, 0.29) is 11.7 Å². The first-order valence-electron chi connectivity index (χ1n) is 7.24. The summed E-state index contributed by atoms with van der Waals surface area (Å²) < 4.78 is 1.81. The second-order valence-electron chi connectivity index (χ2n) is 6.89. The van der Waals surface area contributed by atoms with Crippen LogP contribution in [0.2, 0.25) is 19.6 Å². The van der Waals surface area contributed by atoms with E-state index in [1.54, 1.807) is 10.6 Å². The molecule has 1 amide bonds. The summed E-state index contributed by atoms with van der Waals surface area (Å²) in [5.74, 6) is -0.0658. The highest BCUT2D eigenvalue weighted by atomic mass is 28.3. The van der Waals surface area contributed by atoms with Crippen LogP contribution in [0.25, 0.3) is 0 Å². The average Bonchev–Trinajstić information content (AvgIpc) is 2.60. The predicted octanol–water partition coefficient (Wildman–Crippen LogP) is 3.64. The Bertz CT molecular complexity index is 558. The molecule has 1 aliphatic heterocycles. The van der Waals surface area contributed by atoms with Gasteiger partial charge < -0.3 is 4.57 Å². The Morgan fingerprint density at radius 2 is 1.80 bits per heavy atom. The number of aryl methyl sites for hydroxylation is 1. The molecule has 0 saturated carbocycles. The van der Waals surface area contributed by atoms with Gasteiger partial charge in [0.25, 0.3) is 11.7 Å². The van der Waals surface area contributed by atoms with Gasteiger partial charge in [0, 0.05) is 0 Å². The van der Waals surface area contributed by atoms with Crippen LogP contribution < -0.4 is 4.57 Å². The zero-order valence-electron chi connectivity index (χ0n) is 13.0. The molecule has 108 valence electrons. The van der Waals surface area contributed by atoms with Gasteiger partial charge in [-0.3, -0.25) is 9.59 Å². The fourth-order valence-electron chi connectivity index (χ4n) is 2.64. The normalized spacial score (nSPS) is 15.2. The summed E-state index contributed by atoms with van der Waals surface area (Å²) in [5.41, 5.74) is 2.62. The molecule has 1 aliphatic rings. The van der Waals surface area contributed by atoms with Crippen molar-refractivity contribution in [2.75, 3.05) is 4.57 Å². The van der Waals surface area contributed by atoms with Crippen LogP contribution in [0.3, 0.4) is 0 Å². The number of Topliss-reactive ketones (excluding diaryl/α,β-unsaturated/α-hetero) is 1. The number of nitrogens with zero attached hydrogens (tertiary/aromatic N) is 1. The molecule has 0 aliphatic carbocycles. The first-order chi connectivity index (χ1) is 9.23. The molecule has 0 fully saturated rings. The van der Waals surface area contributed by atoms with Gasteiger partial charge in [-0.15, -0.1) is 0 Å². The van der Waals surface area contributed by atoms with E-state index in [0.29, 0.717) is 11.5 Å². The van der Waals surface area contributed by atoms with E-state index in [0.717, 1.165) is 24.1 Å². The number of benzene rings is 1. The number of carbonyl (C=O) groups is 2. The number of fused-ring (bicyclic) bond motifs is 1. The minimum Gasteiger partial charge on any atom is -0.333 e. The van der Waals surface area contributed by atoms with Gasteiger partial charge in [-0.05, 0) is 30.4 Å². The lowest BCUT2D eigenvalue weighted by atomic mass is 9.99. The van der Waals surface area contributed by atoms with Crippen molar-refractivity contribution >= 4 is 25.6 Å². The smallest absolute Gasteiger partial charge is 0.291 e. The third kappa shape index (κ3) is 2.57. The highest BCUT2D eigenvalue weighted by Gasteiger charge is 2.43. The van der Waals surface area contributed by atoms with Crippen molar-refractivity contribution < 1.29 is 9.59 Å². The zero-order valence-corrected chi connectivity index (χ0v) is 14.0. The quantitative estimate of drug-likeness (QED) is 0.627. The molecule has 0 bridgehead atoms. The van der Waals surface area contributed by atoms with E-state index in [1.165, 1.54) is 0 Å². The van der Waals surface area contributed by atoms with Crippen molar-refractivity contribution in [1.29, 1.82) is 0 Å². The lowest BCUT2D eigenvalue weighted by Crippen LogP contribution is -2.49. The van der Waals surface area contributed by atoms with E-state index < -0.39 is 8.24 Å². The number of hydrogen-bond acceptors (Lipinski definition) is 2. The fourth-order valence-corrected chi connectivity index (χ4v) is 4.29. The van der Waals surface area contributed by atoms with Gasteiger partial charge in [-0.2, -0.15) is 0 Å². The van der Waals surface area contributed by atoms with Gasteiger partial charge in [0.05, 0.1) is 11.3 Å². The molecular formula is C16H23NO2Si.